The van der Waals surface area contributed by atoms with Gasteiger partial charge in [-0.3, -0.25) is 0 Å². The maximum absolute atomic E-state index is 10.7. The van der Waals surface area contributed by atoms with Gasteiger partial charge in [-0.25, -0.2) is 4.79 Å². The number of aromatic nitrogens is 1. The highest BCUT2D eigenvalue weighted by Gasteiger charge is 2.13. The van der Waals surface area contributed by atoms with Gasteiger partial charge in [0.05, 0.1) is 6.61 Å². The van der Waals surface area contributed by atoms with Gasteiger partial charge in [-0.05, 0) is 35.7 Å². The van der Waals surface area contributed by atoms with Gasteiger partial charge >= 0.3 is 6.09 Å². The molecule has 2 aromatic carbocycles. The largest absolute Gasteiger partial charge is 0.445 e. The highest BCUT2D eigenvalue weighted by Crippen LogP contribution is 2.32. The Bertz CT molecular complexity index is 868. The van der Waals surface area contributed by atoms with Crippen LogP contribution in [0.1, 0.15) is 16.7 Å². The predicted octanol–water partition coefficient (Wildman–Crippen LogP) is 3.23. The first-order valence-electron chi connectivity index (χ1n) is 7.32. The first-order valence-corrected chi connectivity index (χ1v) is 7.32. The van der Waals surface area contributed by atoms with E-state index in [1.165, 1.54) is 0 Å². The van der Waals surface area contributed by atoms with Crippen LogP contribution in [0.5, 0.6) is 0 Å². The van der Waals surface area contributed by atoms with Gasteiger partial charge in [0.15, 0.2) is 0 Å². The van der Waals surface area contributed by atoms with Gasteiger partial charge in [0.25, 0.3) is 0 Å². The number of rotatable bonds is 4. The number of hydrogen-bond donors (Lipinski definition) is 3. The van der Waals surface area contributed by atoms with E-state index in [-0.39, 0.29) is 13.2 Å². The van der Waals surface area contributed by atoms with Crippen molar-refractivity contribution in [2.24, 2.45) is 5.73 Å². The molecule has 0 spiro atoms. The van der Waals surface area contributed by atoms with Crippen LogP contribution in [0.4, 0.5) is 4.79 Å². The van der Waals surface area contributed by atoms with Crippen LogP contribution in [-0.4, -0.2) is 16.2 Å². The van der Waals surface area contributed by atoms with E-state index in [1.54, 1.807) is 0 Å². The standard InChI is InChI=1S/C18H18N2O3/c1-11-15-8-12(10-23-18(19)22)6-7-16(15)20-17(11)14-5-3-2-4-13(14)9-21/h2-8,20-21H,9-10H2,1H3,(H2,19,22). The van der Waals surface area contributed by atoms with Crippen LogP contribution in [-0.2, 0) is 18.0 Å². The summed E-state index contributed by atoms with van der Waals surface area (Å²) in [7, 11) is 0. The molecule has 0 unspecified atom stereocenters. The van der Waals surface area contributed by atoms with Crippen molar-refractivity contribution in [1.29, 1.82) is 0 Å². The number of carbonyl (C=O) groups excluding carboxylic acids is 1. The molecule has 0 saturated carbocycles. The molecule has 1 heterocycles. The highest BCUT2D eigenvalue weighted by molar-refractivity contribution is 5.91. The van der Waals surface area contributed by atoms with E-state index in [2.05, 4.69) is 4.98 Å². The van der Waals surface area contributed by atoms with Crippen molar-refractivity contribution in [1.82, 2.24) is 4.98 Å². The number of aliphatic hydroxyl groups excluding tert-OH is 1. The van der Waals surface area contributed by atoms with Crippen molar-refractivity contribution in [2.75, 3.05) is 0 Å². The molecule has 5 heteroatoms. The number of aromatic amines is 1. The molecule has 3 aromatic rings. The minimum Gasteiger partial charge on any atom is -0.445 e. The Kier molecular flexibility index (Phi) is 4.04. The summed E-state index contributed by atoms with van der Waals surface area (Å²) in [5.74, 6) is 0. The lowest BCUT2D eigenvalue weighted by atomic mass is 10.0. The van der Waals surface area contributed by atoms with Crippen molar-refractivity contribution in [3.63, 3.8) is 0 Å². The van der Waals surface area contributed by atoms with Crippen LogP contribution in [0, 0.1) is 6.92 Å². The summed E-state index contributed by atoms with van der Waals surface area (Å²) in [6, 6.07) is 13.6. The average Bonchev–Trinajstić information content (AvgIpc) is 2.89. The molecule has 1 aromatic heterocycles. The number of benzene rings is 2. The number of primary amides is 1. The van der Waals surface area contributed by atoms with E-state index in [9.17, 15) is 9.90 Å². The highest BCUT2D eigenvalue weighted by atomic mass is 16.5. The molecule has 3 rings (SSSR count). The zero-order valence-electron chi connectivity index (χ0n) is 12.8. The monoisotopic (exact) mass is 310 g/mol. The summed E-state index contributed by atoms with van der Waals surface area (Å²) < 4.78 is 4.84. The van der Waals surface area contributed by atoms with Crippen molar-refractivity contribution >= 4 is 17.0 Å². The summed E-state index contributed by atoms with van der Waals surface area (Å²) >= 11 is 0. The molecule has 0 saturated heterocycles. The number of carbonyl (C=O) groups is 1. The number of hydrogen-bond acceptors (Lipinski definition) is 3. The first kappa shape index (κ1) is 15.1. The van der Waals surface area contributed by atoms with E-state index in [0.717, 1.165) is 38.9 Å². The quantitative estimate of drug-likeness (QED) is 0.691. The van der Waals surface area contributed by atoms with Crippen LogP contribution in [0.15, 0.2) is 42.5 Å². The lowest BCUT2D eigenvalue weighted by Gasteiger charge is -2.06. The SMILES string of the molecule is Cc1c(-c2ccccc2CO)[nH]c2ccc(COC(N)=O)cc12. The van der Waals surface area contributed by atoms with Gasteiger partial charge in [-0.1, -0.05) is 30.3 Å². The van der Waals surface area contributed by atoms with Crippen LogP contribution in [0.25, 0.3) is 22.2 Å². The second kappa shape index (κ2) is 6.14. The van der Waals surface area contributed by atoms with Crippen molar-refractivity contribution in [3.05, 3.63) is 59.2 Å². The number of fused-ring (bicyclic) bond motifs is 1. The third-order valence-electron chi connectivity index (χ3n) is 3.96. The second-order valence-electron chi connectivity index (χ2n) is 5.43. The van der Waals surface area contributed by atoms with Gasteiger partial charge in [0.2, 0.25) is 0 Å². The Morgan fingerprint density at radius 2 is 2.04 bits per heavy atom. The lowest BCUT2D eigenvalue weighted by molar-refractivity contribution is 0.150. The molecule has 1 amide bonds. The summed E-state index contributed by atoms with van der Waals surface area (Å²) in [6.45, 7) is 2.17. The molecule has 0 aliphatic rings. The maximum Gasteiger partial charge on any atom is 0.404 e. The van der Waals surface area contributed by atoms with Crippen molar-refractivity contribution < 1.29 is 14.6 Å². The molecule has 118 valence electrons. The maximum atomic E-state index is 10.7. The van der Waals surface area contributed by atoms with E-state index in [4.69, 9.17) is 10.5 Å². The fourth-order valence-electron chi connectivity index (χ4n) is 2.79. The van der Waals surface area contributed by atoms with Crippen LogP contribution in [0.3, 0.4) is 0 Å². The van der Waals surface area contributed by atoms with Gasteiger partial charge < -0.3 is 20.6 Å². The van der Waals surface area contributed by atoms with E-state index < -0.39 is 6.09 Å². The van der Waals surface area contributed by atoms with Crippen molar-refractivity contribution in [2.45, 2.75) is 20.1 Å². The van der Waals surface area contributed by atoms with Gasteiger partial charge in [-0.15, -0.1) is 0 Å². The Hall–Kier alpha value is -2.79. The number of amides is 1. The number of aliphatic hydroxyl groups is 1. The van der Waals surface area contributed by atoms with E-state index in [1.807, 2.05) is 49.4 Å². The molecule has 0 aliphatic heterocycles. The smallest absolute Gasteiger partial charge is 0.404 e. The molecular weight excluding hydrogens is 292 g/mol. The fraction of sp³-hybridized carbons (Fsp3) is 0.167. The minimum absolute atomic E-state index is 0.0112. The first-order chi connectivity index (χ1) is 11.1. The molecule has 0 fully saturated rings. The number of H-pyrrole nitrogens is 1. The molecule has 0 atom stereocenters. The molecule has 4 N–H and O–H groups in total. The number of nitrogens with one attached hydrogen (secondary N) is 1. The Morgan fingerprint density at radius 1 is 1.26 bits per heavy atom. The average molecular weight is 310 g/mol. The van der Waals surface area contributed by atoms with Crippen LogP contribution < -0.4 is 5.73 Å². The molecule has 5 nitrogen and oxygen atoms in total. The zero-order chi connectivity index (χ0) is 16.4. The molecule has 0 radical (unpaired) electrons. The Morgan fingerprint density at radius 3 is 2.78 bits per heavy atom. The van der Waals surface area contributed by atoms with Gasteiger partial charge in [0, 0.05) is 22.2 Å². The Labute approximate surface area is 133 Å². The normalized spacial score (nSPS) is 10.9. The molecule has 0 aliphatic carbocycles. The van der Waals surface area contributed by atoms with Crippen LogP contribution in [0.2, 0.25) is 0 Å². The number of ether oxygens (including phenoxy) is 1. The van der Waals surface area contributed by atoms with Crippen molar-refractivity contribution in [3.8, 4) is 11.3 Å². The number of aryl methyl sites for hydroxylation is 1. The lowest BCUT2D eigenvalue weighted by Crippen LogP contribution is -2.12. The minimum atomic E-state index is -0.784. The molecule has 23 heavy (non-hydrogen) atoms. The predicted molar refractivity (Wildman–Crippen MR) is 88.8 cm³/mol. The summed E-state index contributed by atoms with van der Waals surface area (Å²) in [4.78, 5) is 14.1. The zero-order valence-corrected chi connectivity index (χ0v) is 12.8. The molecule has 0 bridgehead atoms. The third-order valence-corrected chi connectivity index (χ3v) is 3.96. The summed E-state index contributed by atoms with van der Waals surface area (Å²) in [5, 5.41) is 10.6. The fourth-order valence-corrected chi connectivity index (χ4v) is 2.79. The van der Waals surface area contributed by atoms with Gasteiger partial charge in [0.1, 0.15) is 6.61 Å². The summed E-state index contributed by atoms with van der Waals surface area (Å²) in [5.41, 5.74) is 10.8. The number of nitrogens with two attached hydrogens (primary N) is 1. The third kappa shape index (κ3) is 2.91. The van der Waals surface area contributed by atoms with Crippen LogP contribution >= 0.6 is 0 Å². The second-order valence-corrected chi connectivity index (χ2v) is 5.43. The molecular formula is C18H18N2O3. The topological polar surface area (TPSA) is 88.3 Å². The Balaban J connectivity index is 2.06. The summed E-state index contributed by atoms with van der Waals surface area (Å²) in [6.07, 6.45) is -0.784. The van der Waals surface area contributed by atoms with Gasteiger partial charge in [-0.2, -0.15) is 0 Å². The van der Waals surface area contributed by atoms with E-state index >= 15 is 0 Å². The van der Waals surface area contributed by atoms with E-state index in [0.29, 0.717) is 0 Å².